The molecule has 6 unspecified atom stereocenters. The lowest BCUT2D eigenvalue weighted by atomic mass is 9.82. The van der Waals surface area contributed by atoms with Crippen molar-refractivity contribution in [2.75, 3.05) is 47.9 Å². The maximum absolute atomic E-state index is 14.8. The second-order valence-corrected chi connectivity index (χ2v) is 24.2. The Morgan fingerprint density at radius 3 is 1.95 bits per heavy atom. The van der Waals surface area contributed by atoms with Crippen LogP contribution < -0.4 is 26.8 Å². The fourth-order valence-electron chi connectivity index (χ4n) is 11.9. The van der Waals surface area contributed by atoms with E-state index in [0.717, 1.165) is 22.0 Å². The lowest BCUT2D eigenvalue weighted by Crippen LogP contribution is -2.63. The van der Waals surface area contributed by atoms with Crippen LogP contribution in [-0.4, -0.2) is 168 Å². The van der Waals surface area contributed by atoms with Crippen LogP contribution in [-0.2, 0) is 65.6 Å². The molecule has 3 aromatic rings. The number of H-pyrrole nitrogens is 1. The lowest BCUT2D eigenvalue weighted by Gasteiger charge is -2.41. The Morgan fingerprint density at radius 1 is 0.750 bits per heavy atom. The molecular formula is C67H108N10O11. The van der Waals surface area contributed by atoms with Crippen molar-refractivity contribution < 1.29 is 52.6 Å². The number of fused-ring (bicyclic) bond motifs is 1. The Bertz CT molecular complexity index is 2700. The largest absolute Gasteiger partial charge is 0.379 e. The molecule has 2 fully saturated rings. The van der Waals surface area contributed by atoms with Crippen molar-refractivity contribution in [3.05, 3.63) is 71.9 Å². The first-order valence-corrected chi connectivity index (χ1v) is 32.1. The third-order valence-electron chi connectivity index (χ3n) is 17.0. The molecule has 492 valence electrons. The number of rotatable bonds is 33. The number of β-lactam (4-membered cyclic amide) rings is 2. The summed E-state index contributed by atoms with van der Waals surface area (Å²) in [6.45, 7) is 26.0. The van der Waals surface area contributed by atoms with Crippen LogP contribution in [0.2, 0.25) is 0 Å². The summed E-state index contributed by atoms with van der Waals surface area (Å²) in [7, 11) is 6.54. The van der Waals surface area contributed by atoms with E-state index in [9.17, 15) is 43.2 Å². The number of imide groups is 1. The van der Waals surface area contributed by atoms with E-state index in [-0.39, 0.29) is 103 Å². The Kier molecular flexibility index (Phi) is 32.0. The van der Waals surface area contributed by atoms with Crippen LogP contribution in [0, 0.1) is 29.1 Å². The molecule has 21 heteroatoms. The number of hydrogen-bond acceptors (Lipinski definition) is 12. The molecule has 0 bridgehead atoms. The van der Waals surface area contributed by atoms with E-state index in [1.54, 1.807) is 44.7 Å². The highest BCUT2D eigenvalue weighted by atomic mass is 16.5. The molecule has 21 nitrogen and oxygen atoms in total. The number of para-hydroxylation sites is 1. The normalized spacial score (nSPS) is 17.2. The summed E-state index contributed by atoms with van der Waals surface area (Å²) in [6.07, 6.45) is 4.85. The van der Waals surface area contributed by atoms with E-state index in [1.165, 1.54) is 19.1 Å². The number of ether oxygens (including phenoxy) is 2. The number of hydrogen-bond donors (Lipinski definition) is 6. The number of carbonyl (C=O) groups is 9. The minimum atomic E-state index is -0.957. The average molecular weight is 1230 g/mol. The quantitative estimate of drug-likeness (QED) is 0.0150. The predicted octanol–water partition coefficient (Wildman–Crippen LogP) is 7.46. The number of nitrogens with zero attached hydrogens (tertiary/aromatic N) is 4. The minimum absolute atomic E-state index is 0.0676. The molecule has 1 aromatic heterocycles. The zero-order valence-corrected chi connectivity index (χ0v) is 56.0. The summed E-state index contributed by atoms with van der Waals surface area (Å²) in [4.78, 5) is 131. The van der Waals surface area contributed by atoms with Gasteiger partial charge in [-0.25, -0.2) is 0 Å². The van der Waals surface area contributed by atoms with Crippen LogP contribution in [0.1, 0.15) is 165 Å². The van der Waals surface area contributed by atoms with E-state index >= 15 is 0 Å². The monoisotopic (exact) mass is 1230 g/mol. The first kappa shape index (κ1) is 75.5. The van der Waals surface area contributed by atoms with E-state index in [0.29, 0.717) is 64.6 Å². The molecule has 0 radical (unpaired) electrons. The zero-order chi connectivity index (χ0) is 66.0. The molecule has 5 rings (SSSR count). The smallest absolute Gasteiger partial charge is 0.245 e. The van der Waals surface area contributed by atoms with Crippen molar-refractivity contribution >= 4 is 64.1 Å². The Balaban J connectivity index is 0.00000496. The van der Waals surface area contributed by atoms with Gasteiger partial charge in [0.25, 0.3) is 0 Å². The SMILES string of the molecule is CC.CC.CCC(C)[C@@H](C(CC(=O)N1CCCC1C(OC)C(C)C(=O)N[C@@H](Cc1c[nH]c2ccccc12)C(=O)NCc1ccccc1)OC)N(C)C(=O)[C@@H](NC(=O)C(C(C)C)N(C)CCCC(=O)NNC(=O)CCCCCN1C(=O)C(C)(C)C1=O)C(C)C. The van der Waals surface area contributed by atoms with Crippen molar-refractivity contribution in [3.63, 3.8) is 0 Å². The molecule has 0 aliphatic carbocycles. The Labute approximate surface area is 524 Å². The Morgan fingerprint density at radius 2 is 1.36 bits per heavy atom. The van der Waals surface area contributed by atoms with Gasteiger partial charge >= 0.3 is 0 Å². The van der Waals surface area contributed by atoms with Crippen LogP contribution in [0.4, 0.5) is 0 Å². The van der Waals surface area contributed by atoms with E-state index in [2.05, 4.69) is 31.8 Å². The van der Waals surface area contributed by atoms with Gasteiger partial charge in [-0.05, 0) is 94.5 Å². The summed E-state index contributed by atoms with van der Waals surface area (Å²) < 4.78 is 12.2. The molecule has 6 N–H and O–H groups in total. The highest BCUT2D eigenvalue weighted by molar-refractivity contribution is 6.20. The number of nitrogens with one attached hydrogen (secondary N) is 6. The van der Waals surface area contributed by atoms with Gasteiger partial charge in [0, 0.05) is 77.3 Å². The molecule has 0 spiro atoms. The van der Waals surface area contributed by atoms with Crippen molar-refractivity contribution in [1.82, 2.24) is 51.4 Å². The number of hydrazine groups is 1. The second-order valence-electron chi connectivity index (χ2n) is 24.2. The maximum Gasteiger partial charge on any atom is 0.245 e. The number of unbranched alkanes of at least 4 members (excludes halogenated alkanes) is 2. The summed E-state index contributed by atoms with van der Waals surface area (Å²) in [6, 6.07) is 13.8. The van der Waals surface area contributed by atoms with Gasteiger partial charge in [0.2, 0.25) is 53.2 Å². The predicted molar refractivity (Wildman–Crippen MR) is 344 cm³/mol. The number of carbonyl (C=O) groups excluding carboxylic acids is 9. The van der Waals surface area contributed by atoms with Crippen LogP contribution in [0.25, 0.3) is 10.9 Å². The number of methoxy groups -OCH3 is 2. The highest BCUT2D eigenvalue weighted by Gasteiger charge is 2.53. The van der Waals surface area contributed by atoms with Crippen molar-refractivity contribution in [2.45, 2.75) is 210 Å². The average Bonchev–Trinajstić information content (AvgIpc) is 1.61. The minimum Gasteiger partial charge on any atom is -0.379 e. The third-order valence-corrected chi connectivity index (χ3v) is 17.0. The molecule has 2 aliphatic heterocycles. The molecule has 2 aliphatic rings. The van der Waals surface area contributed by atoms with Crippen molar-refractivity contribution in [1.29, 1.82) is 0 Å². The fourth-order valence-corrected chi connectivity index (χ4v) is 11.9. The van der Waals surface area contributed by atoms with Crippen molar-refractivity contribution in [3.8, 4) is 0 Å². The molecule has 2 saturated heterocycles. The highest BCUT2D eigenvalue weighted by Crippen LogP contribution is 2.33. The van der Waals surface area contributed by atoms with Crippen molar-refractivity contribution in [2.24, 2.45) is 29.1 Å². The number of amides is 9. The molecular weight excluding hydrogens is 1120 g/mol. The number of aromatic nitrogens is 1. The van der Waals surface area contributed by atoms with Gasteiger partial charge < -0.3 is 40.2 Å². The van der Waals surface area contributed by atoms with E-state index in [4.69, 9.17) is 9.47 Å². The topological polar surface area (TPSA) is 261 Å². The van der Waals surface area contributed by atoms with Crippen LogP contribution in [0.3, 0.4) is 0 Å². The standard InChI is InChI=1S/C63H96N10O11.2C2H6/c1-14-41(6)55(71(11)60(80)53(39(2)3)67-59(79)54(40(4)5)70(10)32-24-31-51(75)69-68-50(74)30-19-16-22-33-73-61(81)63(8,9)62(73)82)49(83-12)36-52(76)72-34-23-29-48(72)56(84-13)42(7)57(77)66-47(58(78)65-37-43-25-17-15-18-26-43)35-44-38-64-46-28-21-20-27-45(44)46;2*1-2/h15,17-18,20-21,25-28,38-42,47-49,53-56,64H,14,16,19,22-24,29-37H2,1-13H3,(H,65,78)(H,66,77)(H,67,79)(H,68,74)(H,69,75);2*1-2H3/t41?,42?,47-,48?,49?,53-,54?,55-,56?;;/m0../s1. The van der Waals surface area contributed by atoms with Crippen LogP contribution >= 0.6 is 0 Å². The summed E-state index contributed by atoms with van der Waals surface area (Å²) in [5.74, 6) is -4.13. The summed E-state index contributed by atoms with van der Waals surface area (Å²) in [5.41, 5.74) is 6.65. The van der Waals surface area contributed by atoms with Gasteiger partial charge in [-0.15, -0.1) is 0 Å². The van der Waals surface area contributed by atoms with Gasteiger partial charge in [-0.3, -0.25) is 63.8 Å². The molecule has 3 heterocycles. The number of likely N-dealkylation sites (tertiary alicyclic amines) is 2. The first-order chi connectivity index (χ1) is 41.9. The molecule has 9 atom stereocenters. The van der Waals surface area contributed by atoms with Crippen LogP contribution in [0.5, 0.6) is 0 Å². The summed E-state index contributed by atoms with van der Waals surface area (Å²) in [5, 5.41) is 10.1. The zero-order valence-electron chi connectivity index (χ0n) is 56.0. The maximum atomic E-state index is 14.8. The molecule has 9 amide bonds. The van der Waals surface area contributed by atoms with Gasteiger partial charge in [0.1, 0.15) is 17.5 Å². The fraction of sp³-hybridized carbons (Fsp3) is 0.657. The number of benzene rings is 2. The van der Waals surface area contributed by atoms with E-state index in [1.807, 2.05) is 135 Å². The second kappa shape index (κ2) is 37.3. The number of aromatic amines is 1. The van der Waals surface area contributed by atoms with Gasteiger partial charge in [0.15, 0.2) is 0 Å². The van der Waals surface area contributed by atoms with Gasteiger partial charge in [-0.2, -0.15) is 0 Å². The lowest BCUT2D eigenvalue weighted by molar-refractivity contribution is -0.174. The van der Waals surface area contributed by atoms with E-state index < -0.39 is 53.8 Å². The van der Waals surface area contributed by atoms with Gasteiger partial charge in [-0.1, -0.05) is 138 Å². The Hall–Kier alpha value is -6.71. The first-order valence-electron chi connectivity index (χ1n) is 32.1. The third kappa shape index (κ3) is 20.7. The van der Waals surface area contributed by atoms with Gasteiger partial charge in [0.05, 0.1) is 42.7 Å². The molecule has 88 heavy (non-hydrogen) atoms. The number of likely N-dealkylation sites (N-methyl/N-ethyl adjacent to an activating group) is 2. The molecule has 2 aromatic carbocycles. The summed E-state index contributed by atoms with van der Waals surface area (Å²) >= 11 is 0. The molecule has 0 saturated carbocycles. The van der Waals surface area contributed by atoms with Crippen LogP contribution in [0.15, 0.2) is 60.8 Å².